The van der Waals surface area contributed by atoms with Crippen LogP contribution in [0.5, 0.6) is 0 Å². The minimum absolute atomic E-state index is 0.185. The molecule has 1 saturated carbocycles. The van der Waals surface area contributed by atoms with Crippen molar-refractivity contribution in [2.75, 3.05) is 25.1 Å². The van der Waals surface area contributed by atoms with Crippen LogP contribution in [-0.4, -0.2) is 25.3 Å². The second-order valence-electron chi connectivity index (χ2n) is 5.92. The summed E-state index contributed by atoms with van der Waals surface area (Å²) in [6, 6.07) is 8.88. The summed E-state index contributed by atoms with van der Waals surface area (Å²) in [5.74, 6) is 0.636. The molecule has 0 bridgehead atoms. The van der Waals surface area contributed by atoms with Crippen LogP contribution in [0.2, 0.25) is 0 Å². The first-order valence-corrected chi connectivity index (χ1v) is 7.02. The number of benzene rings is 1. The SMILES string of the molecule is CCC(C)c1ccc(N(C)CC2(CO)CC2)cc1. The molecule has 0 spiro atoms. The highest BCUT2D eigenvalue weighted by Gasteiger charge is 2.42. The van der Waals surface area contributed by atoms with Gasteiger partial charge in [-0.3, -0.25) is 0 Å². The van der Waals surface area contributed by atoms with Crippen molar-refractivity contribution in [3.8, 4) is 0 Å². The fraction of sp³-hybridized carbons (Fsp3) is 0.625. The summed E-state index contributed by atoms with van der Waals surface area (Å²) >= 11 is 0. The molecule has 1 aromatic carbocycles. The molecule has 0 saturated heterocycles. The third kappa shape index (κ3) is 2.86. The summed E-state index contributed by atoms with van der Waals surface area (Å²) in [6.45, 7) is 5.78. The number of anilines is 1. The van der Waals surface area contributed by atoms with Crippen LogP contribution in [0.15, 0.2) is 24.3 Å². The second-order valence-corrected chi connectivity index (χ2v) is 5.92. The molecule has 1 N–H and O–H groups in total. The van der Waals surface area contributed by atoms with Gasteiger partial charge in [0.25, 0.3) is 0 Å². The van der Waals surface area contributed by atoms with Crippen LogP contribution in [0, 0.1) is 5.41 Å². The summed E-state index contributed by atoms with van der Waals surface area (Å²) in [5, 5.41) is 9.37. The zero-order valence-corrected chi connectivity index (χ0v) is 11.8. The molecule has 1 fully saturated rings. The highest BCUT2D eigenvalue weighted by atomic mass is 16.3. The quantitative estimate of drug-likeness (QED) is 0.832. The minimum Gasteiger partial charge on any atom is -0.396 e. The number of hydrogen-bond acceptors (Lipinski definition) is 2. The van der Waals surface area contributed by atoms with Gasteiger partial charge in [0.1, 0.15) is 0 Å². The van der Waals surface area contributed by atoms with E-state index in [1.54, 1.807) is 0 Å². The molecule has 0 aromatic heterocycles. The molecule has 1 unspecified atom stereocenters. The Bertz CT molecular complexity index is 381. The van der Waals surface area contributed by atoms with E-state index in [4.69, 9.17) is 0 Å². The highest BCUT2D eigenvalue weighted by molar-refractivity contribution is 5.47. The summed E-state index contributed by atoms with van der Waals surface area (Å²) < 4.78 is 0. The van der Waals surface area contributed by atoms with E-state index in [-0.39, 0.29) is 5.41 Å². The first-order chi connectivity index (χ1) is 8.60. The van der Waals surface area contributed by atoms with E-state index < -0.39 is 0 Å². The van der Waals surface area contributed by atoms with Gasteiger partial charge < -0.3 is 10.0 Å². The Labute approximate surface area is 111 Å². The van der Waals surface area contributed by atoms with Gasteiger partial charge in [0, 0.05) is 24.7 Å². The van der Waals surface area contributed by atoms with Crippen LogP contribution in [0.25, 0.3) is 0 Å². The monoisotopic (exact) mass is 247 g/mol. The van der Waals surface area contributed by atoms with E-state index in [2.05, 4.69) is 50.1 Å². The summed E-state index contributed by atoms with van der Waals surface area (Å²) in [7, 11) is 2.12. The molecule has 1 aromatic rings. The standard InChI is InChI=1S/C16H25NO/c1-4-13(2)14-5-7-15(8-6-14)17(3)11-16(12-18)9-10-16/h5-8,13,18H,4,9-12H2,1-3H3. The predicted octanol–water partition coefficient (Wildman–Crippen LogP) is 3.41. The van der Waals surface area contributed by atoms with Gasteiger partial charge in [-0.05, 0) is 42.9 Å². The van der Waals surface area contributed by atoms with E-state index in [1.807, 2.05) is 0 Å². The number of aliphatic hydroxyl groups is 1. The maximum Gasteiger partial charge on any atom is 0.0504 e. The first-order valence-electron chi connectivity index (χ1n) is 7.02. The molecule has 0 radical (unpaired) electrons. The largest absolute Gasteiger partial charge is 0.396 e. The number of rotatable bonds is 6. The molecular weight excluding hydrogens is 222 g/mol. The van der Waals surface area contributed by atoms with Gasteiger partial charge >= 0.3 is 0 Å². The zero-order chi connectivity index (χ0) is 13.2. The van der Waals surface area contributed by atoms with E-state index in [9.17, 15) is 5.11 Å². The van der Waals surface area contributed by atoms with Crippen LogP contribution < -0.4 is 4.90 Å². The Morgan fingerprint density at radius 2 is 1.89 bits per heavy atom. The van der Waals surface area contributed by atoms with Gasteiger partial charge in [0.05, 0.1) is 6.61 Å². The normalized spacial score (nSPS) is 18.4. The lowest BCUT2D eigenvalue weighted by Gasteiger charge is -2.24. The summed E-state index contributed by atoms with van der Waals surface area (Å²) in [6.07, 6.45) is 3.51. The van der Waals surface area contributed by atoms with Crippen LogP contribution in [0.3, 0.4) is 0 Å². The minimum atomic E-state index is 0.185. The Hall–Kier alpha value is -1.02. The predicted molar refractivity (Wildman–Crippen MR) is 77.2 cm³/mol. The molecule has 1 aliphatic carbocycles. The average Bonchev–Trinajstić information content (AvgIpc) is 3.18. The van der Waals surface area contributed by atoms with Gasteiger partial charge in [-0.1, -0.05) is 26.0 Å². The molecule has 1 aliphatic rings. The maximum atomic E-state index is 9.37. The molecular formula is C16H25NO. The third-order valence-electron chi connectivity index (χ3n) is 4.38. The lowest BCUT2D eigenvalue weighted by atomic mass is 9.98. The second kappa shape index (κ2) is 5.31. The van der Waals surface area contributed by atoms with Crippen LogP contribution in [0.1, 0.15) is 44.6 Å². The molecule has 0 heterocycles. The Morgan fingerprint density at radius 1 is 1.28 bits per heavy atom. The average molecular weight is 247 g/mol. The van der Waals surface area contributed by atoms with Crippen molar-refractivity contribution in [2.45, 2.75) is 39.0 Å². The van der Waals surface area contributed by atoms with Crippen molar-refractivity contribution >= 4 is 5.69 Å². The van der Waals surface area contributed by atoms with Crippen molar-refractivity contribution in [1.29, 1.82) is 0 Å². The lowest BCUT2D eigenvalue weighted by Crippen LogP contribution is -2.28. The fourth-order valence-corrected chi connectivity index (χ4v) is 2.43. The van der Waals surface area contributed by atoms with Crippen LogP contribution >= 0.6 is 0 Å². The van der Waals surface area contributed by atoms with Gasteiger partial charge in [0.15, 0.2) is 0 Å². The third-order valence-corrected chi connectivity index (χ3v) is 4.38. The zero-order valence-electron chi connectivity index (χ0n) is 11.8. The summed E-state index contributed by atoms with van der Waals surface area (Å²) in [5.41, 5.74) is 2.85. The van der Waals surface area contributed by atoms with Crippen molar-refractivity contribution in [3.05, 3.63) is 29.8 Å². The van der Waals surface area contributed by atoms with Crippen LogP contribution in [0.4, 0.5) is 5.69 Å². The summed E-state index contributed by atoms with van der Waals surface area (Å²) in [4.78, 5) is 2.27. The maximum absolute atomic E-state index is 9.37. The molecule has 100 valence electrons. The molecule has 2 rings (SSSR count). The number of nitrogens with zero attached hydrogens (tertiary/aromatic N) is 1. The van der Waals surface area contributed by atoms with Gasteiger partial charge in [-0.2, -0.15) is 0 Å². The Balaban J connectivity index is 2.00. The number of hydrogen-bond donors (Lipinski definition) is 1. The smallest absolute Gasteiger partial charge is 0.0504 e. The molecule has 2 heteroatoms. The van der Waals surface area contributed by atoms with Gasteiger partial charge in [0.2, 0.25) is 0 Å². The first kappa shape index (κ1) is 13.4. The lowest BCUT2D eigenvalue weighted by molar-refractivity contribution is 0.215. The van der Waals surface area contributed by atoms with Crippen molar-refractivity contribution < 1.29 is 5.11 Å². The fourth-order valence-electron chi connectivity index (χ4n) is 2.43. The van der Waals surface area contributed by atoms with E-state index in [0.29, 0.717) is 12.5 Å². The topological polar surface area (TPSA) is 23.5 Å². The van der Waals surface area contributed by atoms with Crippen molar-refractivity contribution in [1.82, 2.24) is 0 Å². The Morgan fingerprint density at radius 3 is 2.33 bits per heavy atom. The molecule has 0 aliphatic heterocycles. The number of aliphatic hydroxyl groups excluding tert-OH is 1. The molecule has 1 atom stereocenters. The van der Waals surface area contributed by atoms with Crippen molar-refractivity contribution in [3.63, 3.8) is 0 Å². The van der Waals surface area contributed by atoms with E-state index in [0.717, 1.165) is 6.54 Å². The van der Waals surface area contributed by atoms with Crippen LogP contribution in [-0.2, 0) is 0 Å². The molecule has 2 nitrogen and oxygen atoms in total. The van der Waals surface area contributed by atoms with E-state index >= 15 is 0 Å². The molecule has 0 amide bonds. The Kier molecular flexibility index (Phi) is 3.96. The van der Waals surface area contributed by atoms with Crippen molar-refractivity contribution in [2.24, 2.45) is 5.41 Å². The highest BCUT2D eigenvalue weighted by Crippen LogP contribution is 2.45. The van der Waals surface area contributed by atoms with Gasteiger partial charge in [-0.25, -0.2) is 0 Å². The molecule has 18 heavy (non-hydrogen) atoms. The van der Waals surface area contributed by atoms with E-state index in [1.165, 1.54) is 30.5 Å². The van der Waals surface area contributed by atoms with Gasteiger partial charge in [-0.15, -0.1) is 0 Å².